The Bertz CT molecular complexity index is 1090. The van der Waals surface area contributed by atoms with E-state index in [1.54, 1.807) is 0 Å². The van der Waals surface area contributed by atoms with Gasteiger partial charge in [-0.25, -0.2) is 0 Å². The van der Waals surface area contributed by atoms with Gasteiger partial charge in [0.25, 0.3) is 0 Å². The van der Waals surface area contributed by atoms with Gasteiger partial charge in [0.15, 0.2) is 0 Å². The molecule has 3 heteroatoms. The summed E-state index contributed by atoms with van der Waals surface area (Å²) in [4.78, 5) is 9.03. The van der Waals surface area contributed by atoms with Gasteiger partial charge in [-0.3, -0.25) is 4.98 Å². The van der Waals surface area contributed by atoms with Crippen LogP contribution in [-0.4, -0.2) is 4.98 Å². The van der Waals surface area contributed by atoms with E-state index in [0.717, 1.165) is 0 Å². The molecule has 2 atom stereocenters. The Kier molecular flexibility index (Phi) is 3.15. The summed E-state index contributed by atoms with van der Waals surface area (Å²) in [6.07, 6.45) is 1.94. The molecule has 1 aromatic carbocycles. The van der Waals surface area contributed by atoms with E-state index < -0.39 is 0 Å². The van der Waals surface area contributed by atoms with Crippen molar-refractivity contribution in [3.8, 4) is 0 Å². The minimum absolute atomic E-state index is 0.0567. The first-order valence-electron chi connectivity index (χ1n) is 9.91. The lowest BCUT2D eigenvalue weighted by Gasteiger charge is -2.62. The lowest BCUT2D eigenvalue weighted by atomic mass is 9.52. The number of anilines is 1. The predicted molar refractivity (Wildman–Crippen MR) is 116 cm³/mol. The standard InChI is InChI=1S/C24H28N2S/c1-14-10-8-11-16-20(14)26-15(2)18-19-17(12-9-13-25-19)27-21(18)24(26,7)23(5,6)22(16,3)4/h8-13,15H,1-7H3/t15-,24?/m0/s1. The molecule has 0 aliphatic carbocycles. The molecule has 0 bridgehead atoms. The summed E-state index contributed by atoms with van der Waals surface area (Å²) in [6.45, 7) is 16.9. The highest BCUT2D eigenvalue weighted by Crippen LogP contribution is 2.69. The first-order valence-corrected chi connectivity index (χ1v) is 10.7. The van der Waals surface area contributed by atoms with Crippen molar-refractivity contribution in [1.82, 2.24) is 4.98 Å². The highest BCUT2D eigenvalue weighted by molar-refractivity contribution is 7.19. The lowest BCUT2D eigenvalue weighted by molar-refractivity contribution is 0.0672. The van der Waals surface area contributed by atoms with Gasteiger partial charge in [0, 0.05) is 27.7 Å². The molecule has 4 heterocycles. The predicted octanol–water partition coefficient (Wildman–Crippen LogP) is 6.72. The van der Waals surface area contributed by atoms with Crippen molar-refractivity contribution in [2.75, 3.05) is 4.90 Å². The molecule has 0 spiro atoms. The maximum atomic E-state index is 4.80. The van der Waals surface area contributed by atoms with Gasteiger partial charge in [0.1, 0.15) is 0 Å². The molecule has 5 rings (SSSR count). The molecule has 2 aliphatic heterocycles. The van der Waals surface area contributed by atoms with Crippen LogP contribution in [0.4, 0.5) is 5.69 Å². The molecule has 2 aliphatic rings. The Morgan fingerprint density at radius 3 is 2.52 bits per heavy atom. The van der Waals surface area contributed by atoms with E-state index in [0.29, 0.717) is 6.04 Å². The molecule has 2 aromatic heterocycles. The quantitative estimate of drug-likeness (QED) is 0.433. The van der Waals surface area contributed by atoms with Crippen LogP contribution < -0.4 is 4.90 Å². The summed E-state index contributed by atoms with van der Waals surface area (Å²) in [5, 5.41) is 0. The largest absolute Gasteiger partial charge is 0.353 e. The maximum Gasteiger partial charge on any atom is 0.0866 e. The van der Waals surface area contributed by atoms with Gasteiger partial charge >= 0.3 is 0 Å². The van der Waals surface area contributed by atoms with Crippen molar-refractivity contribution in [1.29, 1.82) is 0 Å². The SMILES string of the molecule is Cc1cccc2c1N1[C@@H](C)c3c(sc4cccnc34)C1(C)C(C)(C)C2(C)C. The summed E-state index contributed by atoms with van der Waals surface area (Å²) in [6, 6.07) is 11.5. The first kappa shape index (κ1) is 17.2. The van der Waals surface area contributed by atoms with Gasteiger partial charge in [-0.1, -0.05) is 45.9 Å². The Morgan fingerprint density at radius 1 is 1.04 bits per heavy atom. The van der Waals surface area contributed by atoms with Crippen molar-refractivity contribution in [2.45, 2.75) is 65.5 Å². The summed E-state index contributed by atoms with van der Waals surface area (Å²) in [5.74, 6) is 0. The maximum absolute atomic E-state index is 4.80. The second kappa shape index (κ2) is 4.94. The van der Waals surface area contributed by atoms with Crippen molar-refractivity contribution in [3.63, 3.8) is 0 Å². The van der Waals surface area contributed by atoms with Gasteiger partial charge in [0.05, 0.1) is 21.8 Å². The number of hydrogen-bond acceptors (Lipinski definition) is 3. The molecule has 2 nitrogen and oxygen atoms in total. The molecule has 1 unspecified atom stereocenters. The second-order valence-corrected chi connectivity index (χ2v) is 10.6. The van der Waals surface area contributed by atoms with E-state index in [1.807, 2.05) is 17.5 Å². The van der Waals surface area contributed by atoms with Crippen LogP contribution in [0.15, 0.2) is 36.5 Å². The normalized spacial score (nSPS) is 27.4. The number of aromatic nitrogens is 1. The van der Waals surface area contributed by atoms with E-state index in [1.165, 1.54) is 37.5 Å². The number of fused-ring (bicyclic) bond motifs is 7. The second-order valence-electron chi connectivity index (χ2n) is 9.53. The van der Waals surface area contributed by atoms with Crippen LogP contribution in [0, 0.1) is 12.3 Å². The third-order valence-corrected chi connectivity index (χ3v) is 9.51. The number of nitrogens with zero attached hydrogens (tertiary/aromatic N) is 2. The minimum atomic E-state index is -0.0598. The number of rotatable bonds is 0. The highest BCUT2D eigenvalue weighted by atomic mass is 32.1. The summed E-state index contributed by atoms with van der Waals surface area (Å²) < 4.78 is 1.32. The van der Waals surface area contributed by atoms with Crippen LogP contribution in [-0.2, 0) is 11.0 Å². The van der Waals surface area contributed by atoms with Crippen molar-refractivity contribution < 1.29 is 0 Å². The Morgan fingerprint density at radius 2 is 1.78 bits per heavy atom. The van der Waals surface area contributed by atoms with Crippen LogP contribution in [0.25, 0.3) is 10.2 Å². The number of hydrogen-bond donors (Lipinski definition) is 0. The molecule has 0 amide bonds. The topological polar surface area (TPSA) is 16.1 Å². The molecular formula is C24H28N2S. The Balaban J connectivity index is 1.94. The average molecular weight is 377 g/mol. The fourth-order valence-electron chi connectivity index (χ4n) is 5.75. The van der Waals surface area contributed by atoms with E-state index in [9.17, 15) is 0 Å². The zero-order valence-corrected chi connectivity index (χ0v) is 18.2. The molecule has 27 heavy (non-hydrogen) atoms. The molecular weight excluding hydrogens is 348 g/mol. The zero-order valence-electron chi connectivity index (χ0n) is 17.3. The summed E-state index contributed by atoms with van der Waals surface area (Å²) in [5.41, 5.74) is 6.99. The molecule has 0 saturated heterocycles. The average Bonchev–Trinajstić information content (AvgIpc) is 3.10. The van der Waals surface area contributed by atoms with Gasteiger partial charge in [-0.2, -0.15) is 0 Å². The number of benzene rings is 1. The highest BCUT2D eigenvalue weighted by Gasteiger charge is 2.64. The molecule has 3 aromatic rings. The van der Waals surface area contributed by atoms with Crippen LogP contribution >= 0.6 is 11.3 Å². The summed E-state index contributed by atoms with van der Waals surface area (Å²) >= 11 is 1.95. The minimum Gasteiger partial charge on any atom is -0.353 e. The van der Waals surface area contributed by atoms with Crippen LogP contribution in [0.5, 0.6) is 0 Å². The number of para-hydroxylation sites is 1. The third kappa shape index (κ3) is 1.71. The number of pyridine rings is 1. The molecule has 0 saturated carbocycles. The Labute approximate surface area is 166 Å². The summed E-state index contributed by atoms with van der Waals surface area (Å²) in [7, 11) is 0. The van der Waals surface area contributed by atoms with Crippen LogP contribution in [0.3, 0.4) is 0 Å². The van der Waals surface area contributed by atoms with E-state index >= 15 is 0 Å². The van der Waals surface area contributed by atoms with Crippen molar-refractivity contribution in [3.05, 3.63) is 58.1 Å². The third-order valence-electron chi connectivity index (χ3n) is 8.14. The van der Waals surface area contributed by atoms with Crippen molar-refractivity contribution >= 4 is 27.2 Å². The Hall–Kier alpha value is -1.87. The van der Waals surface area contributed by atoms with E-state index in [4.69, 9.17) is 4.98 Å². The van der Waals surface area contributed by atoms with Crippen LogP contribution in [0.1, 0.15) is 69.2 Å². The van der Waals surface area contributed by atoms with E-state index in [-0.39, 0.29) is 16.4 Å². The molecule has 0 N–H and O–H groups in total. The molecule has 0 radical (unpaired) electrons. The van der Waals surface area contributed by atoms with Gasteiger partial charge < -0.3 is 4.90 Å². The fraction of sp³-hybridized carbons (Fsp3) is 0.458. The van der Waals surface area contributed by atoms with Gasteiger partial charge in [-0.15, -0.1) is 11.3 Å². The fourth-order valence-corrected chi connectivity index (χ4v) is 7.31. The number of thiophene rings is 1. The van der Waals surface area contributed by atoms with E-state index in [2.05, 4.69) is 83.7 Å². The van der Waals surface area contributed by atoms with Crippen LogP contribution in [0.2, 0.25) is 0 Å². The molecule has 140 valence electrons. The zero-order chi connectivity index (χ0) is 19.4. The smallest absolute Gasteiger partial charge is 0.0866 e. The van der Waals surface area contributed by atoms with Crippen molar-refractivity contribution in [2.24, 2.45) is 5.41 Å². The van der Waals surface area contributed by atoms with Gasteiger partial charge in [-0.05, 0) is 49.4 Å². The number of aryl methyl sites for hydroxylation is 1. The first-order chi connectivity index (χ1) is 12.6. The van der Waals surface area contributed by atoms with Gasteiger partial charge in [0.2, 0.25) is 0 Å². The molecule has 0 fully saturated rings. The monoisotopic (exact) mass is 376 g/mol. The lowest BCUT2D eigenvalue weighted by Crippen LogP contribution is -2.61.